The van der Waals surface area contributed by atoms with Gasteiger partial charge in [-0.2, -0.15) is 0 Å². The number of anilines is 1. The van der Waals surface area contributed by atoms with Gasteiger partial charge in [-0.05, 0) is 29.3 Å². The molecule has 1 aliphatic rings. The molecule has 5 nitrogen and oxygen atoms in total. The molecule has 0 aromatic heterocycles. The van der Waals surface area contributed by atoms with E-state index in [0.29, 0.717) is 12.1 Å². The van der Waals surface area contributed by atoms with E-state index in [1.54, 1.807) is 17.0 Å². The first kappa shape index (κ1) is 14.3. The highest BCUT2D eigenvalue weighted by Gasteiger charge is 2.35. The Morgan fingerprint density at radius 3 is 2.41 bits per heavy atom. The summed E-state index contributed by atoms with van der Waals surface area (Å²) in [7, 11) is 0. The van der Waals surface area contributed by atoms with Crippen LogP contribution in [0, 0.1) is 0 Å². The number of hydrogen-bond donors (Lipinski definition) is 2. The molecule has 0 unspecified atom stereocenters. The molecule has 112 valence electrons. The number of carbonyl (C=O) groups is 2. The Bertz CT molecular complexity index is 725. The zero-order valence-electron chi connectivity index (χ0n) is 12.0. The summed E-state index contributed by atoms with van der Waals surface area (Å²) in [4.78, 5) is 26.0. The normalized spacial score (nSPS) is 16.4. The minimum absolute atomic E-state index is 0.139. The molecule has 2 amide bonds. The summed E-state index contributed by atoms with van der Waals surface area (Å²) < 4.78 is 0. The molecule has 4 N–H and O–H groups in total. The second-order valence-electron chi connectivity index (χ2n) is 5.33. The Labute approximate surface area is 128 Å². The van der Waals surface area contributed by atoms with Crippen molar-refractivity contribution in [3.8, 4) is 0 Å². The summed E-state index contributed by atoms with van der Waals surface area (Å²) in [5.41, 5.74) is 14.1. The van der Waals surface area contributed by atoms with Crippen LogP contribution in [-0.4, -0.2) is 18.4 Å². The molecule has 0 spiro atoms. The number of nitrogens with zero attached hydrogens (tertiary/aromatic N) is 1. The minimum Gasteiger partial charge on any atom is -0.369 e. The number of para-hydroxylation sites is 1. The molecular formula is C17H17N3O2. The largest absolute Gasteiger partial charge is 0.369 e. The zero-order chi connectivity index (χ0) is 15.7. The van der Waals surface area contributed by atoms with Crippen molar-refractivity contribution in [3.63, 3.8) is 0 Å². The predicted octanol–water partition coefficient (Wildman–Crippen LogP) is 1.37. The molecule has 2 aromatic carbocycles. The maximum atomic E-state index is 12.7. The maximum Gasteiger partial charge on any atom is 0.258 e. The lowest BCUT2D eigenvalue weighted by Crippen LogP contribution is -2.32. The highest BCUT2D eigenvalue weighted by molar-refractivity contribution is 6.09. The second-order valence-corrected chi connectivity index (χ2v) is 5.33. The van der Waals surface area contributed by atoms with Crippen LogP contribution in [-0.2, 0) is 11.3 Å². The van der Waals surface area contributed by atoms with Gasteiger partial charge in [-0.1, -0.05) is 30.3 Å². The van der Waals surface area contributed by atoms with Gasteiger partial charge in [0.1, 0.15) is 0 Å². The Morgan fingerprint density at radius 2 is 1.77 bits per heavy atom. The van der Waals surface area contributed by atoms with Crippen LogP contribution in [0.25, 0.3) is 0 Å². The summed E-state index contributed by atoms with van der Waals surface area (Å²) >= 11 is 0. The van der Waals surface area contributed by atoms with E-state index in [0.717, 1.165) is 16.8 Å². The molecule has 3 rings (SSSR count). The third-order valence-corrected chi connectivity index (χ3v) is 3.99. The third-order valence-electron chi connectivity index (χ3n) is 3.99. The van der Waals surface area contributed by atoms with Crippen LogP contribution < -0.4 is 16.4 Å². The lowest BCUT2D eigenvalue weighted by molar-refractivity contribution is -0.119. The van der Waals surface area contributed by atoms with E-state index in [1.807, 2.05) is 36.4 Å². The standard InChI is InChI=1S/C17H17N3O2/c18-9-11-5-7-12(8-6-11)17(22)20-10-14(16(19)21)13-3-1-2-4-15(13)20/h1-8,14H,9-10,18H2,(H2,19,21)/t14-/m0/s1. The average molecular weight is 295 g/mol. The number of primary amides is 1. The first-order chi connectivity index (χ1) is 10.6. The van der Waals surface area contributed by atoms with Gasteiger partial charge >= 0.3 is 0 Å². The van der Waals surface area contributed by atoms with Gasteiger partial charge in [-0.3, -0.25) is 9.59 Å². The number of fused-ring (bicyclic) bond motifs is 1. The van der Waals surface area contributed by atoms with E-state index >= 15 is 0 Å². The van der Waals surface area contributed by atoms with Gasteiger partial charge in [-0.15, -0.1) is 0 Å². The van der Waals surface area contributed by atoms with Crippen LogP contribution in [0.1, 0.15) is 27.4 Å². The molecule has 0 bridgehead atoms. The summed E-state index contributed by atoms with van der Waals surface area (Å²) in [6.07, 6.45) is 0. The van der Waals surface area contributed by atoms with Gasteiger partial charge < -0.3 is 16.4 Å². The number of nitrogens with two attached hydrogens (primary N) is 2. The fourth-order valence-corrected chi connectivity index (χ4v) is 2.78. The van der Waals surface area contributed by atoms with Crippen LogP contribution in [0.5, 0.6) is 0 Å². The topological polar surface area (TPSA) is 89.4 Å². The first-order valence-corrected chi connectivity index (χ1v) is 7.11. The number of benzene rings is 2. The highest BCUT2D eigenvalue weighted by atomic mass is 16.2. The van der Waals surface area contributed by atoms with Crippen LogP contribution in [0.15, 0.2) is 48.5 Å². The molecule has 0 saturated carbocycles. The molecular weight excluding hydrogens is 278 g/mol. The number of amides is 2. The van der Waals surface area contributed by atoms with Crippen molar-refractivity contribution in [2.24, 2.45) is 11.5 Å². The molecule has 0 fully saturated rings. The van der Waals surface area contributed by atoms with Crippen LogP contribution >= 0.6 is 0 Å². The Balaban J connectivity index is 1.94. The van der Waals surface area contributed by atoms with Crippen LogP contribution in [0.2, 0.25) is 0 Å². The van der Waals surface area contributed by atoms with Gasteiger partial charge in [0.15, 0.2) is 0 Å². The van der Waals surface area contributed by atoms with Crippen molar-refractivity contribution in [2.75, 3.05) is 11.4 Å². The number of hydrogen-bond acceptors (Lipinski definition) is 3. The van der Waals surface area contributed by atoms with Crippen molar-refractivity contribution in [2.45, 2.75) is 12.5 Å². The first-order valence-electron chi connectivity index (χ1n) is 7.11. The third kappa shape index (κ3) is 2.35. The Hall–Kier alpha value is -2.66. The fraction of sp³-hybridized carbons (Fsp3) is 0.176. The van der Waals surface area contributed by atoms with Gasteiger partial charge in [0, 0.05) is 24.3 Å². The average Bonchev–Trinajstić information content (AvgIpc) is 2.94. The summed E-state index contributed by atoms with van der Waals surface area (Å²) in [6, 6.07) is 14.6. The van der Waals surface area contributed by atoms with Crippen molar-refractivity contribution >= 4 is 17.5 Å². The highest BCUT2D eigenvalue weighted by Crippen LogP contribution is 2.36. The van der Waals surface area contributed by atoms with Gasteiger partial charge in [0.2, 0.25) is 5.91 Å². The van der Waals surface area contributed by atoms with E-state index in [1.165, 1.54) is 0 Å². The van der Waals surface area contributed by atoms with Crippen molar-refractivity contribution in [3.05, 3.63) is 65.2 Å². The fourth-order valence-electron chi connectivity index (χ4n) is 2.78. The van der Waals surface area contributed by atoms with Crippen molar-refractivity contribution in [1.82, 2.24) is 0 Å². The van der Waals surface area contributed by atoms with E-state index in [4.69, 9.17) is 11.5 Å². The molecule has 0 saturated heterocycles. The van der Waals surface area contributed by atoms with E-state index in [-0.39, 0.29) is 12.5 Å². The monoisotopic (exact) mass is 295 g/mol. The van der Waals surface area contributed by atoms with Gasteiger partial charge in [0.25, 0.3) is 5.91 Å². The minimum atomic E-state index is -0.455. The molecule has 0 radical (unpaired) electrons. The second kappa shape index (κ2) is 5.61. The Morgan fingerprint density at radius 1 is 1.09 bits per heavy atom. The van der Waals surface area contributed by atoms with E-state index in [2.05, 4.69) is 0 Å². The van der Waals surface area contributed by atoms with Crippen molar-refractivity contribution in [1.29, 1.82) is 0 Å². The summed E-state index contributed by atoms with van der Waals surface area (Å²) in [5.74, 6) is -1.01. The molecule has 1 aliphatic heterocycles. The Kier molecular flexibility index (Phi) is 3.65. The maximum absolute atomic E-state index is 12.7. The molecule has 1 heterocycles. The summed E-state index contributed by atoms with van der Waals surface area (Å²) in [5, 5.41) is 0. The summed E-state index contributed by atoms with van der Waals surface area (Å²) in [6.45, 7) is 0.719. The number of rotatable bonds is 3. The molecule has 0 aliphatic carbocycles. The predicted molar refractivity (Wildman–Crippen MR) is 84.4 cm³/mol. The lowest BCUT2D eigenvalue weighted by Gasteiger charge is -2.17. The van der Waals surface area contributed by atoms with Gasteiger partial charge in [0.05, 0.1) is 5.92 Å². The zero-order valence-corrected chi connectivity index (χ0v) is 12.0. The van der Waals surface area contributed by atoms with Crippen LogP contribution in [0.3, 0.4) is 0 Å². The molecule has 2 aromatic rings. The van der Waals surface area contributed by atoms with E-state index < -0.39 is 11.8 Å². The van der Waals surface area contributed by atoms with Crippen molar-refractivity contribution < 1.29 is 9.59 Å². The quantitative estimate of drug-likeness (QED) is 0.896. The molecule has 1 atom stereocenters. The van der Waals surface area contributed by atoms with Crippen LogP contribution in [0.4, 0.5) is 5.69 Å². The number of carbonyl (C=O) groups excluding carboxylic acids is 2. The van der Waals surface area contributed by atoms with E-state index in [9.17, 15) is 9.59 Å². The smallest absolute Gasteiger partial charge is 0.258 e. The van der Waals surface area contributed by atoms with Gasteiger partial charge in [-0.25, -0.2) is 0 Å². The molecule has 5 heteroatoms. The lowest BCUT2D eigenvalue weighted by atomic mass is 10.0. The SMILES string of the molecule is NCc1ccc(C(=O)N2C[C@H](C(N)=O)c3ccccc32)cc1. The molecule has 22 heavy (non-hydrogen) atoms.